The molecule has 2 aromatic rings. The summed E-state index contributed by atoms with van der Waals surface area (Å²) in [7, 11) is -1.98. The molecule has 0 aliphatic rings. The van der Waals surface area contributed by atoms with Crippen LogP contribution in [0.2, 0.25) is 0 Å². The van der Waals surface area contributed by atoms with Gasteiger partial charge in [-0.2, -0.15) is 0 Å². The smallest absolute Gasteiger partial charge is 0.243 e. The number of hydrogen-bond acceptors (Lipinski definition) is 4. The van der Waals surface area contributed by atoms with Crippen molar-refractivity contribution < 1.29 is 17.9 Å². The molecule has 0 aromatic heterocycles. The van der Waals surface area contributed by atoms with Gasteiger partial charge in [0.2, 0.25) is 15.9 Å². The molecular formula is C19H24N2O4S. The molecule has 6 nitrogen and oxygen atoms in total. The second-order valence-corrected chi connectivity index (χ2v) is 7.82. The van der Waals surface area contributed by atoms with E-state index in [1.165, 1.54) is 0 Å². The average molecular weight is 376 g/mol. The number of methoxy groups -OCH3 is 1. The number of nitrogens with one attached hydrogen (secondary N) is 1. The van der Waals surface area contributed by atoms with E-state index < -0.39 is 16.1 Å². The minimum absolute atomic E-state index is 0.340. The van der Waals surface area contributed by atoms with E-state index in [1.54, 1.807) is 44.4 Å². The van der Waals surface area contributed by atoms with Gasteiger partial charge in [0.1, 0.15) is 11.8 Å². The molecule has 0 aliphatic heterocycles. The van der Waals surface area contributed by atoms with Gasteiger partial charge in [-0.15, -0.1) is 0 Å². The molecule has 1 amide bonds. The van der Waals surface area contributed by atoms with E-state index in [0.717, 1.165) is 21.9 Å². The number of ether oxygens (including phenoxy) is 1. The first-order valence-electron chi connectivity index (χ1n) is 8.28. The molecule has 2 aromatic carbocycles. The molecule has 0 heterocycles. The molecule has 7 heteroatoms. The van der Waals surface area contributed by atoms with Gasteiger partial charge in [0.25, 0.3) is 0 Å². The van der Waals surface area contributed by atoms with Crippen molar-refractivity contribution in [3.63, 3.8) is 0 Å². The fraction of sp³-hybridized carbons (Fsp3) is 0.316. The molecule has 26 heavy (non-hydrogen) atoms. The molecule has 0 saturated carbocycles. The first kappa shape index (κ1) is 19.8. The van der Waals surface area contributed by atoms with Gasteiger partial charge >= 0.3 is 0 Å². The summed E-state index contributed by atoms with van der Waals surface area (Å²) in [6.07, 6.45) is 1.74. The van der Waals surface area contributed by atoms with E-state index in [4.69, 9.17) is 4.74 Å². The highest BCUT2D eigenvalue weighted by Crippen LogP contribution is 2.20. The number of rotatable bonds is 8. The predicted octanol–water partition coefficient (Wildman–Crippen LogP) is 2.21. The lowest BCUT2D eigenvalue weighted by atomic mass is 10.1. The molecule has 0 fully saturated rings. The Labute approximate surface area is 154 Å². The summed E-state index contributed by atoms with van der Waals surface area (Å²) in [4.78, 5) is 12.5. The minimum Gasteiger partial charge on any atom is -0.497 e. The zero-order valence-corrected chi connectivity index (χ0v) is 16.0. The lowest BCUT2D eigenvalue weighted by Crippen LogP contribution is -2.48. The summed E-state index contributed by atoms with van der Waals surface area (Å²) < 4.78 is 30.6. The number of anilines is 1. The van der Waals surface area contributed by atoms with Crippen LogP contribution in [0.15, 0.2) is 54.6 Å². The van der Waals surface area contributed by atoms with Crippen LogP contribution >= 0.6 is 0 Å². The maximum Gasteiger partial charge on any atom is 0.243 e. The van der Waals surface area contributed by atoms with Gasteiger partial charge in [-0.3, -0.25) is 9.10 Å². The van der Waals surface area contributed by atoms with Crippen LogP contribution in [0.4, 0.5) is 5.69 Å². The largest absolute Gasteiger partial charge is 0.497 e. The third-order valence-corrected chi connectivity index (χ3v) is 5.21. The Bertz CT molecular complexity index is 820. The topological polar surface area (TPSA) is 75.7 Å². The molecule has 0 bridgehead atoms. The summed E-state index contributed by atoms with van der Waals surface area (Å²) in [6, 6.07) is 15.4. The van der Waals surface area contributed by atoms with Gasteiger partial charge in [-0.25, -0.2) is 8.42 Å². The second-order valence-electron chi connectivity index (χ2n) is 5.96. The Morgan fingerprint density at radius 3 is 2.27 bits per heavy atom. The van der Waals surface area contributed by atoms with Crippen molar-refractivity contribution in [1.82, 2.24) is 5.32 Å². The summed E-state index contributed by atoms with van der Waals surface area (Å²) >= 11 is 0. The SMILES string of the molecule is COc1ccc(CCNC(=O)[C@@H](C)N(c2ccccc2)S(C)(=O)=O)cc1. The Morgan fingerprint density at radius 1 is 1.12 bits per heavy atom. The van der Waals surface area contributed by atoms with Crippen molar-refractivity contribution in [2.45, 2.75) is 19.4 Å². The van der Waals surface area contributed by atoms with Crippen LogP contribution in [0.25, 0.3) is 0 Å². The first-order chi connectivity index (χ1) is 12.3. The quantitative estimate of drug-likeness (QED) is 0.766. The third-order valence-electron chi connectivity index (χ3n) is 3.97. The van der Waals surface area contributed by atoms with Gasteiger partial charge in [-0.1, -0.05) is 30.3 Å². The molecular weight excluding hydrogens is 352 g/mol. The van der Waals surface area contributed by atoms with Crippen LogP contribution < -0.4 is 14.4 Å². The van der Waals surface area contributed by atoms with Crippen molar-refractivity contribution in [3.05, 3.63) is 60.2 Å². The van der Waals surface area contributed by atoms with Crippen molar-refractivity contribution >= 4 is 21.6 Å². The Hall–Kier alpha value is -2.54. The van der Waals surface area contributed by atoms with Gasteiger partial charge in [-0.05, 0) is 43.2 Å². The zero-order valence-electron chi connectivity index (χ0n) is 15.2. The van der Waals surface area contributed by atoms with Crippen LogP contribution in [0.1, 0.15) is 12.5 Å². The molecule has 1 atom stereocenters. The summed E-state index contributed by atoms with van der Waals surface area (Å²) in [5, 5.41) is 2.81. The fourth-order valence-corrected chi connectivity index (χ4v) is 3.83. The van der Waals surface area contributed by atoms with E-state index >= 15 is 0 Å². The van der Waals surface area contributed by atoms with Gasteiger partial charge in [0, 0.05) is 6.54 Å². The number of nitrogens with zero attached hydrogens (tertiary/aromatic N) is 1. The highest BCUT2D eigenvalue weighted by atomic mass is 32.2. The van der Waals surface area contributed by atoms with Crippen LogP contribution in [-0.4, -0.2) is 40.3 Å². The highest BCUT2D eigenvalue weighted by molar-refractivity contribution is 7.92. The number of carbonyl (C=O) groups is 1. The third kappa shape index (κ3) is 5.23. The van der Waals surface area contributed by atoms with E-state index in [0.29, 0.717) is 18.7 Å². The normalized spacial score (nSPS) is 12.3. The van der Waals surface area contributed by atoms with Crippen molar-refractivity contribution in [2.75, 3.05) is 24.2 Å². The maximum atomic E-state index is 12.5. The molecule has 2 rings (SSSR count). The Kier molecular flexibility index (Phi) is 6.63. The van der Waals surface area contributed by atoms with E-state index in [2.05, 4.69) is 5.32 Å². The van der Waals surface area contributed by atoms with E-state index in [1.807, 2.05) is 24.3 Å². The molecule has 0 radical (unpaired) electrons. The van der Waals surface area contributed by atoms with Crippen LogP contribution in [0.5, 0.6) is 5.75 Å². The predicted molar refractivity (Wildman–Crippen MR) is 103 cm³/mol. The highest BCUT2D eigenvalue weighted by Gasteiger charge is 2.28. The first-order valence-corrected chi connectivity index (χ1v) is 10.1. The minimum atomic E-state index is -3.59. The molecule has 0 unspecified atom stereocenters. The molecule has 1 N–H and O–H groups in total. The summed E-state index contributed by atoms with van der Waals surface area (Å²) in [6.45, 7) is 2.00. The van der Waals surface area contributed by atoms with Crippen LogP contribution in [-0.2, 0) is 21.2 Å². The van der Waals surface area contributed by atoms with Gasteiger partial charge in [0.05, 0.1) is 19.1 Å². The molecule has 0 spiro atoms. The van der Waals surface area contributed by atoms with Crippen molar-refractivity contribution in [2.24, 2.45) is 0 Å². The maximum absolute atomic E-state index is 12.5. The molecule has 0 aliphatic carbocycles. The Balaban J connectivity index is 2.00. The van der Waals surface area contributed by atoms with Crippen LogP contribution in [0.3, 0.4) is 0 Å². The van der Waals surface area contributed by atoms with Crippen LogP contribution in [0, 0.1) is 0 Å². The number of sulfonamides is 1. The van der Waals surface area contributed by atoms with Crippen molar-refractivity contribution in [3.8, 4) is 5.75 Å². The lowest BCUT2D eigenvalue weighted by molar-refractivity contribution is -0.121. The Morgan fingerprint density at radius 2 is 1.73 bits per heavy atom. The lowest BCUT2D eigenvalue weighted by Gasteiger charge is -2.28. The van der Waals surface area contributed by atoms with Gasteiger partial charge in [0.15, 0.2) is 0 Å². The summed E-state index contributed by atoms with van der Waals surface area (Å²) in [5.74, 6) is 0.436. The standard InChI is InChI=1S/C19H24N2O4S/c1-15(21(26(3,23)24)17-7-5-4-6-8-17)19(22)20-14-13-16-9-11-18(25-2)12-10-16/h4-12,15H,13-14H2,1-3H3,(H,20,22)/t15-/m1/s1. The number of benzene rings is 2. The van der Waals surface area contributed by atoms with E-state index in [-0.39, 0.29) is 5.91 Å². The number of para-hydroxylation sites is 1. The molecule has 140 valence electrons. The monoisotopic (exact) mass is 376 g/mol. The summed E-state index contributed by atoms with van der Waals surface area (Å²) in [5.41, 5.74) is 1.52. The van der Waals surface area contributed by atoms with Crippen molar-refractivity contribution in [1.29, 1.82) is 0 Å². The number of amides is 1. The fourth-order valence-electron chi connectivity index (χ4n) is 2.65. The number of carbonyl (C=O) groups excluding carboxylic acids is 1. The second kappa shape index (κ2) is 8.71. The zero-order chi connectivity index (χ0) is 19.2. The van der Waals surface area contributed by atoms with Gasteiger partial charge < -0.3 is 10.1 Å². The molecule has 0 saturated heterocycles. The number of hydrogen-bond donors (Lipinski definition) is 1. The average Bonchev–Trinajstić information content (AvgIpc) is 2.62. The van der Waals surface area contributed by atoms with E-state index in [9.17, 15) is 13.2 Å².